The highest BCUT2D eigenvalue weighted by atomic mass is 16.5. The van der Waals surface area contributed by atoms with Crippen molar-refractivity contribution in [3.8, 4) is 5.75 Å². The van der Waals surface area contributed by atoms with E-state index in [2.05, 4.69) is 15.4 Å². The minimum absolute atomic E-state index is 0.00357. The third-order valence-electron chi connectivity index (χ3n) is 5.27. The fourth-order valence-electron chi connectivity index (χ4n) is 3.78. The summed E-state index contributed by atoms with van der Waals surface area (Å²) in [4.78, 5) is 52.6. The SMILES string of the molecule is COC(=O)c1ccc2c(c1)CC[C@@H]2NC(=O)c1cc(C(=O)OC)nc2c(OC(C)=O)cnn12. The van der Waals surface area contributed by atoms with E-state index in [1.54, 1.807) is 18.2 Å². The summed E-state index contributed by atoms with van der Waals surface area (Å²) >= 11 is 0. The molecule has 2 heterocycles. The summed E-state index contributed by atoms with van der Waals surface area (Å²) in [5, 5.41) is 7.03. The Balaban J connectivity index is 1.68. The molecule has 0 saturated heterocycles. The lowest BCUT2D eigenvalue weighted by Gasteiger charge is -2.15. The van der Waals surface area contributed by atoms with Gasteiger partial charge >= 0.3 is 17.9 Å². The Morgan fingerprint density at radius 2 is 1.85 bits per heavy atom. The highest BCUT2D eigenvalue weighted by Gasteiger charge is 2.28. The van der Waals surface area contributed by atoms with E-state index in [1.165, 1.54) is 37.9 Å². The lowest BCUT2D eigenvalue weighted by molar-refractivity contribution is -0.131. The van der Waals surface area contributed by atoms with Crippen molar-refractivity contribution < 1.29 is 33.4 Å². The number of aryl methyl sites for hydroxylation is 1. The van der Waals surface area contributed by atoms with E-state index in [9.17, 15) is 19.2 Å². The summed E-state index contributed by atoms with van der Waals surface area (Å²) in [6.07, 6.45) is 2.53. The second kappa shape index (κ2) is 8.69. The van der Waals surface area contributed by atoms with Crippen molar-refractivity contribution in [2.24, 2.45) is 0 Å². The molecule has 0 fully saturated rings. The van der Waals surface area contributed by atoms with E-state index in [0.717, 1.165) is 11.1 Å². The number of hydrogen-bond acceptors (Lipinski definition) is 9. The van der Waals surface area contributed by atoms with E-state index in [-0.39, 0.29) is 28.8 Å². The number of methoxy groups -OCH3 is 2. The van der Waals surface area contributed by atoms with Crippen LogP contribution >= 0.6 is 0 Å². The zero-order valence-electron chi connectivity index (χ0n) is 18.1. The third-order valence-corrected chi connectivity index (χ3v) is 5.27. The maximum atomic E-state index is 13.2. The van der Waals surface area contributed by atoms with Gasteiger partial charge in [-0.05, 0) is 36.1 Å². The number of nitrogens with zero attached hydrogens (tertiary/aromatic N) is 3. The predicted octanol–water partition coefficient (Wildman–Crippen LogP) is 1.65. The Hall–Kier alpha value is -4.28. The fourth-order valence-corrected chi connectivity index (χ4v) is 3.78. The third kappa shape index (κ3) is 4.12. The normalized spacial score (nSPS) is 14.5. The van der Waals surface area contributed by atoms with Crippen LogP contribution in [0.2, 0.25) is 0 Å². The monoisotopic (exact) mass is 452 g/mol. The standard InChI is InChI=1S/C22H20N4O7/c1-11(27)33-18-10-23-26-17(9-16(22(30)32-3)24-19(18)26)20(28)25-15-7-5-12-8-13(21(29)31-2)4-6-14(12)15/h4,6,8-10,15H,5,7H2,1-3H3,(H,25,28)/t15-/m0/s1. The minimum Gasteiger partial charge on any atom is -0.465 e. The van der Waals surface area contributed by atoms with Gasteiger partial charge < -0.3 is 19.5 Å². The van der Waals surface area contributed by atoms with E-state index in [1.807, 2.05) is 0 Å². The molecule has 11 heteroatoms. The van der Waals surface area contributed by atoms with Gasteiger partial charge in [0.1, 0.15) is 5.69 Å². The van der Waals surface area contributed by atoms with Crippen LogP contribution in [0.25, 0.3) is 5.65 Å². The van der Waals surface area contributed by atoms with Gasteiger partial charge in [-0.2, -0.15) is 5.10 Å². The number of esters is 3. The van der Waals surface area contributed by atoms with Crippen LogP contribution in [0.5, 0.6) is 5.75 Å². The average Bonchev–Trinajstić information content (AvgIpc) is 3.40. The summed E-state index contributed by atoms with van der Waals surface area (Å²) in [6, 6.07) is 6.14. The van der Waals surface area contributed by atoms with Crippen LogP contribution in [0.4, 0.5) is 0 Å². The summed E-state index contributed by atoms with van der Waals surface area (Å²) in [7, 11) is 2.51. The molecule has 0 saturated carbocycles. The average molecular weight is 452 g/mol. The predicted molar refractivity (Wildman–Crippen MR) is 112 cm³/mol. The van der Waals surface area contributed by atoms with Crippen LogP contribution in [-0.2, 0) is 20.7 Å². The topological polar surface area (TPSA) is 138 Å². The molecule has 0 unspecified atom stereocenters. The van der Waals surface area contributed by atoms with Crippen molar-refractivity contribution in [1.29, 1.82) is 0 Å². The summed E-state index contributed by atoms with van der Waals surface area (Å²) in [5.74, 6) is -2.30. The number of ether oxygens (including phenoxy) is 3. The summed E-state index contributed by atoms with van der Waals surface area (Å²) in [6.45, 7) is 1.21. The molecule has 4 rings (SSSR count). The molecule has 3 aromatic rings. The molecule has 1 atom stereocenters. The number of benzene rings is 1. The molecule has 0 aliphatic heterocycles. The zero-order valence-corrected chi connectivity index (χ0v) is 18.1. The highest BCUT2D eigenvalue weighted by Crippen LogP contribution is 2.32. The second-order valence-electron chi connectivity index (χ2n) is 7.33. The first-order valence-corrected chi connectivity index (χ1v) is 10.00. The van der Waals surface area contributed by atoms with Crippen LogP contribution in [0.3, 0.4) is 0 Å². The van der Waals surface area contributed by atoms with Crippen LogP contribution in [0, 0.1) is 0 Å². The Morgan fingerprint density at radius 1 is 1.09 bits per heavy atom. The Kier molecular flexibility index (Phi) is 5.78. The first-order valence-electron chi connectivity index (χ1n) is 10.00. The molecule has 11 nitrogen and oxygen atoms in total. The van der Waals surface area contributed by atoms with Gasteiger partial charge in [-0.15, -0.1) is 0 Å². The first kappa shape index (κ1) is 21.9. The quantitative estimate of drug-likeness (QED) is 0.573. The number of aromatic nitrogens is 3. The van der Waals surface area contributed by atoms with Crippen molar-refractivity contribution >= 4 is 29.5 Å². The summed E-state index contributed by atoms with van der Waals surface area (Å²) < 4.78 is 15.8. The number of hydrogen-bond donors (Lipinski definition) is 1. The number of rotatable bonds is 5. The first-order chi connectivity index (χ1) is 15.8. The molecule has 0 bridgehead atoms. The van der Waals surface area contributed by atoms with Gasteiger partial charge in [-0.3, -0.25) is 9.59 Å². The van der Waals surface area contributed by atoms with Crippen molar-refractivity contribution in [2.45, 2.75) is 25.8 Å². The van der Waals surface area contributed by atoms with Gasteiger partial charge in [-0.25, -0.2) is 19.1 Å². The number of amides is 1. The van der Waals surface area contributed by atoms with E-state index in [0.29, 0.717) is 18.4 Å². The lowest BCUT2D eigenvalue weighted by atomic mass is 10.0. The van der Waals surface area contributed by atoms with Crippen LogP contribution in [0.15, 0.2) is 30.5 Å². The molecular weight excluding hydrogens is 432 g/mol. The van der Waals surface area contributed by atoms with Gasteiger partial charge in [0.05, 0.1) is 32.0 Å². The molecule has 170 valence electrons. The molecule has 33 heavy (non-hydrogen) atoms. The molecule has 1 aliphatic rings. The highest BCUT2D eigenvalue weighted by molar-refractivity contribution is 5.97. The van der Waals surface area contributed by atoms with Gasteiger partial charge in [0, 0.05) is 13.0 Å². The van der Waals surface area contributed by atoms with E-state index in [4.69, 9.17) is 14.2 Å². The minimum atomic E-state index is -0.761. The molecule has 1 aliphatic carbocycles. The molecule has 0 spiro atoms. The van der Waals surface area contributed by atoms with Gasteiger partial charge in [0.25, 0.3) is 5.91 Å². The maximum absolute atomic E-state index is 13.2. The van der Waals surface area contributed by atoms with Crippen LogP contribution in [0.1, 0.15) is 61.8 Å². The maximum Gasteiger partial charge on any atom is 0.356 e. The van der Waals surface area contributed by atoms with Gasteiger partial charge in [-0.1, -0.05) is 6.07 Å². The fraction of sp³-hybridized carbons (Fsp3) is 0.273. The number of nitrogens with one attached hydrogen (secondary N) is 1. The Labute approximate surface area is 187 Å². The molecular formula is C22H20N4O7. The number of fused-ring (bicyclic) bond motifs is 2. The molecule has 1 amide bonds. The van der Waals surface area contributed by atoms with Crippen molar-refractivity contribution in [3.63, 3.8) is 0 Å². The molecule has 1 aromatic carbocycles. The van der Waals surface area contributed by atoms with Crippen LogP contribution < -0.4 is 10.1 Å². The second-order valence-corrected chi connectivity index (χ2v) is 7.33. The molecule has 0 radical (unpaired) electrons. The smallest absolute Gasteiger partial charge is 0.356 e. The summed E-state index contributed by atoms with van der Waals surface area (Å²) in [5.41, 5.74) is 2.16. The zero-order chi connectivity index (χ0) is 23.7. The molecule has 1 N–H and O–H groups in total. The number of carbonyl (C=O) groups is 4. The van der Waals surface area contributed by atoms with E-state index >= 15 is 0 Å². The van der Waals surface area contributed by atoms with Crippen LogP contribution in [-0.4, -0.2) is 52.6 Å². The molecule has 2 aromatic heterocycles. The van der Waals surface area contributed by atoms with Gasteiger partial charge in [0.15, 0.2) is 17.1 Å². The van der Waals surface area contributed by atoms with Crippen molar-refractivity contribution in [3.05, 3.63) is 58.5 Å². The van der Waals surface area contributed by atoms with Crippen molar-refractivity contribution in [2.75, 3.05) is 14.2 Å². The number of carbonyl (C=O) groups excluding carboxylic acids is 4. The lowest BCUT2D eigenvalue weighted by Crippen LogP contribution is -2.29. The Morgan fingerprint density at radius 3 is 2.55 bits per heavy atom. The van der Waals surface area contributed by atoms with E-state index < -0.39 is 23.8 Å². The van der Waals surface area contributed by atoms with Crippen molar-refractivity contribution in [1.82, 2.24) is 19.9 Å². The Bertz CT molecular complexity index is 1300. The van der Waals surface area contributed by atoms with Gasteiger partial charge in [0.2, 0.25) is 0 Å². The largest absolute Gasteiger partial charge is 0.465 e.